The molecular formula is C37H46O14. The second kappa shape index (κ2) is 13.4. The summed E-state index contributed by atoms with van der Waals surface area (Å²) in [5.41, 5.74) is -5.70. The number of carbonyl (C=O) groups is 6. The predicted molar refractivity (Wildman–Crippen MR) is 174 cm³/mol. The van der Waals surface area contributed by atoms with Gasteiger partial charge in [0.05, 0.1) is 29.1 Å². The summed E-state index contributed by atoms with van der Waals surface area (Å²) < 4.78 is 43.2. The molecule has 10 atom stereocenters. The maximum atomic E-state index is 13.9. The Labute approximate surface area is 296 Å². The molecule has 0 aromatic heterocycles. The minimum atomic E-state index is -1.82. The van der Waals surface area contributed by atoms with E-state index in [0.29, 0.717) is 5.57 Å². The molecule has 1 N–H and O–H groups in total. The van der Waals surface area contributed by atoms with Crippen LogP contribution in [0.25, 0.3) is 0 Å². The van der Waals surface area contributed by atoms with Crippen molar-refractivity contribution >= 4 is 35.8 Å². The molecule has 3 fully saturated rings. The first-order valence-electron chi connectivity index (χ1n) is 16.9. The number of hydrogen-bond donors (Lipinski definition) is 1. The van der Waals surface area contributed by atoms with E-state index in [-0.39, 0.29) is 30.6 Å². The van der Waals surface area contributed by atoms with Gasteiger partial charge in [-0.15, -0.1) is 0 Å². The minimum absolute atomic E-state index is 0.0882. The molecule has 0 radical (unpaired) electrons. The largest absolute Gasteiger partial charge is 0.462 e. The Morgan fingerprint density at radius 3 is 1.98 bits per heavy atom. The number of aliphatic hydroxyl groups excluding tert-OH is 1. The number of benzene rings is 1. The van der Waals surface area contributed by atoms with Crippen LogP contribution in [0, 0.1) is 16.7 Å². The number of hydrogen-bond acceptors (Lipinski definition) is 14. The normalized spacial score (nSPS) is 35.4. The van der Waals surface area contributed by atoms with Crippen LogP contribution in [0.4, 0.5) is 0 Å². The van der Waals surface area contributed by atoms with Gasteiger partial charge < -0.3 is 38.3 Å². The van der Waals surface area contributed by atoms with E-state index in [1.807, 2.05) is 0 Å². The van der Waals surface area contributed by atoms with Gasteiger partial charge >= 0.3 is 35.8 Å². The highest BCUT2D eigenvalue weighted by Crippen LogP contribution is 2.70. The second-order valence-electron chi connectivity index (χ2n) is 14.7. The summed E-state index contributed by atoms with van der Waals surface area (Å²) in [4.78, 5) is 78.2. The highest BCUT2D eigenvalue weighted by atomic mass is 16.6. The Bertz CT molecular complexity index is 1650. The van der Waals surface area contributed by atoms with E-state index in [1.54, 1.807) is 58.0 Å². The van der Waals surface area contributed by atoms with Crippen LogP contribution >= 0.6 is 0 Å². The average molecular weight is 715 g/mol. The smallest absolute Gasteiger partial charge is 0.338 e. The molecule has 3 aliphatic carbocycles. The zero-order valence-electron chi connectivity index (χ0n) is 30.3. The highest BCUT2D eigenvalue weighted by molar-refractivity contribution is 5.89. The molecule has 14 heteroatoms. The van der Waals surface area contributed by atoms with E-state index in [9.17, 15) is 33.9 Å². The third-order valence-electron chi connectivity index (χ3n) is 11.2. The van der Waals surface area contributed by atoms with Crippen LogP contribution in [0.5, 0.6) is 0 Å². The molecule has 1 aromatic carbocycles. The van der Waals surface area contributed by atoms with Crippen LogP contribution < -0.4 is 0 Å². The Morgan fingerprint density at radius 1 is 0.843 bits per heavy atom. The van der Waals surface area contributed by atoms with E-state index in [1.165, 1.54) is 27.7 Å². The van der Waals surface area contributed by atoms with E-state index in [2.05, 4.69) is 0 Å². The number of esters is 6. The summed E-state index contributed by atoms with van der Waals surface area (Å²) in [6, 6.07) is 8.25. The second-order valence-corrected chi connectivity index (χ2v) is 14.7. The standard InChI is InChI=1S/C37H46O14/c1-18-25(46-19(2)38)16-36(34(7,8)51-33(44)24-13-11-10-12-14-24)28(18)29(48-21(4)40)31(49-22(5)41)35(9)27(47-20(3)39)15-26(43)37(50-23(6)42)17-45-32(36)30(35)37/h10-14,25-27,29-32,43H,15-17H2,1-9H3. The van der Waals surface area contributed by atoms with Gasteiger partial charge in [0.1, 0.15) is 23.9 Å². The molecule has 0 amide bonds. The Hall–Kier alpha value is -4.30. The van der Waals surface area contributed by atoms with E-state index in [0.717, 1.165) is 6.92 Å². The van der Waals surface area contributed by atoms with Crippen molar-refractivity contribution in [1.29, 1.82) is 0 Å². The maximum absolute atomic E-state index is 13.9. The number of rotatable bonds is 8. The van der Waals surface area contributed by atoms with Crippen LogP contribution in [-0.4, -0.2) is 95.4 Å². The van der Waals surface area contributed by atoms with Gasteiger partial charge in [-0.3, -0.25) is 24.0 Å². The van der Waals surface area contributed by atoms with Crippen molar-refractivity contribution in [3.05, 3.63) is 47.0 Å². The first-order valence-corrected chi connectivity index (χ1v) is 16.9. The molecule has 1 aromatic rings. The number of carbonyl (C=O) groups excluding carboxylic acids is 6. The monoisotopic (exact) mass is 714 g/mol. The van der Waals surface area contributed by atoms with Gasteiger partial charge in [0.2, 0.25) is 0 Å². The van der Waals surface area contributed by atoms with Gasteiger partial charge in [-0.05, 0) is 44.1 Å². The summed E-state index contributed by atoms with van der Waals surface area (Å²) in [5.74, 6) is -5.53. The van der Waals surface area contributed by atoms with Crippen molar-refractivity contribution in [1.82, 2.24) is 0 Å². The van der Waals surface area contributed by atoms with Crippen LogP contribution in [-0.2, 0) is 57.1 Å². The topological polar surface area (TPSA) is 187 Å². The zero-order chi connectivity index (χ0) is 37.8. The first kappa shape index (κ1) is 37.9. The fourth-order valence-electron chi connectivity index (χ4n) is 9.44. The van der Waals surface area contributed by atoms with E-state index >= 15 is 0 Å². The number of fused-ring (bicyclic) bond motifs is 2. The first-order chi connectivity index (χ1) is 23.7. The molecule has 1 aliphatic heterocycles. The number of ether oxygens (including phenoxy) is 7. The lowest BCUT2D eigenvalue weighted by Crippen LogP contribution is -2.71. The molecular weight excluding hydrogens is 668 g/mol. The van der Waals surface area contributed by atoms with Crippen molar-refractivity contribution in [3.63, 3.8) is 0 Å². The van der Waals surface area contributed by atoms with Crippen LogP contribution in [0.15, 0.2) is 41.5 Å². The van der Waals surface area contributed by atoms with Crippen LogP contribution in [0.1, 0.15) is 85.5 Å². The molecule has 51 heavy (non-hydrogen) atoms. The van der Waals surface area contributed by atoms with Gasteiger partial charge in [0.25, 0.3) is 0 Å². The van der Waals surface area contributed by atoms with Crippen molar-refractivity contribution in [2.24, 2.45) is 16.7 Å². The molecule has 5 rings (SSSR count). The van der Waals surface area contributed by atoms with Gasteiger partial charge in [-0.1, -0.05) is 25.1 Å². The van der Waals surface area contributed by atoms with E-state index < -0.39 is 100 Å². The summed E-state index contributed by atoms with van der Waals surface area (Å²) in [6.45, 7) is 12.2. The van der Waals surface area contributed by atoms with Gasteiger partial charge in [0, 0.05) is 53.4 Å². The predicted octanol–water partition coefficient (Wildman–Crippen LogP) is 3.16. The molecule has 1 heterocycles. The Balaban J connectivity index is 1.91. The summed E-state index contributed by atoms with van der Waals surface area (Å²) in [5, 5.41) is 11.9. The van der Waals surface area contributed by atoms with Crippen molar-refractivity contribution < 1.29 is 67.0 Å². The zero-order valence-corrected chi connectivity index (χ0v) is 30.3. The van der Waals surface area contributed by atoms with Gasteiger partial charge in [-0.2, -0.15) is 0 Å². The Kier molecular flexibility index (Phi) is 9.93. The summed E-state index contributed by atoms with van der Waals surface area (Å²) in [6.07, 6.45) is -8.14. The molecule has 4 aliphatic rings. The molecule has 0 bridgehead atoms. The Morgan fingerprint density at radius 2 is 1.43 bits per heavy atom. The van der Waals surface area contributed by atoms with Crippen molar-refractivity contribution in [3.8, 4) is 0 Å². The molecule has 278 valence electrons. The quantitative estimate of drug-likeness (QED) is 0.235. The summed E-state index contributed by atoms with van der Waals surface area (Å²) >= 11 is 0. The third-order valence-corrected chi connectivity index (χ3v) is 11.2. The lowest BCUT2D eigenvalue weighted by Gasteiger charge is -2.57. The fourth-order valence-corrected chi connectivity index (χ4v) is 9.44. The van der Waals surface area contributed by atoms with Crippen molar-refractivity contribution in [2.45, 2.75) is 123 Å². The molecule has 0 spiro atoms. The van der Waals surface area contributed by atoms with Crippen LogP contribution in [0.2, 0.25) is 0 Å². The van der Waals surface area contributed by atoms with Gasteiger partial charge in [0.15, 0.2) is 17.8 Å². The lowest BCUT2D eigenvalue weighted by atomic mass is 9.52. The average Bonchev–Trinajstić information content (AvgIpc) is 3.52. The lowest BCUT2D eigenvalue weighted by molar-refractivity contribution is -0.256. The number of aliphatic hydroxyl groups is 1. The van der Waals surface area contributed by atoms with E-state index in [4.69, 9.17) is 33.2 Å². The molecule has 2 saturated carbocycles. The maximum Gasteiger partial charge on any atom is 0.338 e. The van der Waals surface area contributed by atoms with Gasteiger partial charge in [-0.25, -0.2) is 4.79 Å². The molecule has 1 saturated heterocycles. The van der Waals surface area contributed by atoms with Crippen molar-refractivity contribution in [2.75, 3.05) is 6.61 Å². The SMILES string of the molecule is CC(=O)OC1CC2(C(C)(C)OC(=O)c3ccccc3)C(=C1C)C(OC(C)=O)C(OC(C)=O)C1(C)C(OC(C)=O)CC(O)C3(OC(C)=O)COC2C31. The van der Waals surface area contributed by atoms with Crippen LogP contribution in [0.3, 0.4) is 0 Å². The highest BCUT2D eigenvalue weighted by Gasteiger charge is 2.81. The summed E-state index contributed by atoms with van der Waals surface area (Å²) in [7, 11) is 0. The third kappa shape index (κ3) is 6.09. The molecule has 10 unspecified atom stereocenters. The fraction of sp³-hybridized carbons (Fsp3) is 0.622. The minimum Gasteiger partial charge on any atom is -0.462 e. The molecule has 14 nitrogen and oxygen atoms in total.